The van der Waals surface area contributed by atoms with Crippen molar-refractivity contribution in [1.29, 1.82) is 0 Å². The molecule has 0 radical (unpaired) electrons. The van der Waals surface area contributed by atoms with Crippen LogP contribution in [0.4, 0.5) is 5.95 Å². The van der Waals surface area contributed by atoms with Gasteiger partial charge in [0.15, 0.2) is 11.5 Å². The normalized spacial score (nSPS) is 10.9. The first kappa shape index (κ1) is 15.0. The average molecular weight is 310 g/mol. The van der Waals surface area contributed by atoms with Gasteiger partial charge in [0.2, 0.25) is 5.95 Å². The van der Waals surface area contributed by atoms with Crippen molar-refractivity contribution in [2.45, 2.75) is 19.8 Å². The van der Waals surface area contributed by atoms with Crippen LogP contribution in [-0.4, -0.2) is 27.2 Å². The third kappa shape index (κ3) is 2.88. The van der Waals surface area contributed by atoms with E-state index in [2.05, 4.69) is 16.9 Å². The zero-order chi connectivity index (χ0) is 16.4. The molecule has 0 aliphatic rings. The molecule has 0 spiro atoms. The number of aryl methyl sites for hydroxylation is 1. The first-order valence-electron chi connectivity index (χ1n) is 7.43. The summed E-state index contributed by atoms with van der Waals surface area (Å²) in [6, 6.07) is 8.89. The maximum Gasteiger partial charge on any atom is 0.220 e. The zero-order valence-electron chi connectivity index (χ0n) is 13.1. The predicted molar refractivity (Wildman–Crippen MR) is 89.4 cm³/mol. The fraction of sp³-hybridized carbons (Fsp3) is 0.235. The lowest BCUT2D eigenvalue weighted by Gasteiger charge is -2.09. The molecule has 0 saturated carbocycles. The lowest BCUT2D eigenvalue weighted by molar-refractivity contribution is 0.373. The van der Waals surface area contributed by atoms with E-state index in [4.69, 9.17) is 15.5 Å². The zero-order valence-corrected chi connectivity index (χ0v) is 13.1. The summed E-state index contributed by atoms with van der Waals surface area (Å²) in [4.78, 5) is 13.2. The molecule has 0 aliphatic heterocycles. The lowest BCUT2D eigenvalue weighted by Crippen LogP contribution is -2.02. The molecule has 2 aromatic heterocycles. The molecule has 23 heavy (non-hydrogen) atoms. The summed E-state index contributed by atoms with van der Waals surface area (Å²) < 4.78 is 5.15. The van der Waals surface area contributed by atoms with Gasteiger partial charge in [-0.1, -0.05) is 13.3 Å². The van der Waals surface area contributed by atoms with E-state index in [1.165, 1.54) is 7.11 Å². The monoisotopic (exact) mass is 310 g/mol. The van der Waals surface area contributed by atoms with E-state index in [0.717, 1.165) is 40.8 Å². The number of fused-ring (bicyclic) bond motifs is 1. The number of nitrogens with two attached hydrogens (primary N) is 1. The molecule has 1 aromatic carbocycles. The van der Waals surface area contributed by atoms with Gasteiger partial charge in [-0.05, 0) is 36.8 Å². The van der Waals surface area contributed by atoms with Crippen LogP contribution in [0.15, 0.2) is 30.3 Å². The molecule has 0 amide bonds. The van der Waals surface area contributed by atoms with Crippen LogP contribution >= 0.6 is 0 Å². The molecular formula is C17H18N4O2. The highest BCUT2D eigenvalue weighted by atomic mass is 16.5. The van der Waals surface area contributed by atoms with Crippen molar-refractivity contribution >= 4 is 17.0 Å². The number of rotatable bonds is 4. The van der Waals surface area contributed by atoms with Gasteiger partial charge in [-0.2, -0.15) is 0 Å². The number of methoxy groups -OCH3 is 1. The van der Waals surface area contributed by atoms with Crippen molar-refractivity contribution in [2.75, 3.05) is 12.8 Å². The number of aromatic hydroxyl groups is 1. The number of phenols is 1. The SMILES string of the molecule is CCCc1nc(N)nc2ccc(-c3ccc(O)c(OC)c3)nc12. The number of phenolic OH excluding ortho intramolecular Hbond substituents is 1. The highest BCUT2D eigenvalue weighted by molar-refractivity contribution is 5.81. The third-order valence-corrected chi connectivity index (χ3v) is 3.59. The topological polar surface area (TPSA) is 94.2 Å². The summed E-state index contributed by atoms with van der Waals surface area (Å²) in [5.41, 5.74) is 9.71. The Hall–Kier alpha value is -2.89. The van der Waals surface area contributed by atoms with Crippen molar-refractivity contribution in [2.24, 2.45) is 0 Å². The van der Waals surface area contributed by atoms with Crippen molar-refractivity contribution in [3.05, 3.63) is 36.0 Å². The van der Waals surface area contributed by atoms with Crippen molar-refractivity contribution in [1.82, 2.24) is 15.0 Å². The fourth-order valence-electron chi connectivity index (χ4n) is 2.50. The Morgan fingerprint density at radius 2 is 1.96 bits per heavy atom. The molecule has 3 N–H and O–H groups in total. The van der Waals surface area contributed by atoms with Crippen LogP contribution in [-0.2, 0) is 6.42 Å². The van der Waals surface area contributed by atoms with Gasteiger partial charge in [-0.25, -0.2) is 15.0 Å². The summed E-state index contributed by atoms with van der Waals surface area (Å²) >= 11 is 0. The largest absolute Gasteiger partial charge is 0.504 e. The third-order valence-electron chi connectivity index (χ3n) is 3.59. The molecular weight excluding hydrogens is 292 g/mol. The van der Waals surface area contributed by atoms with Crippen LogP contribution in [0.5, 0.6) is 11.5 Å². The quantitative estimate of drug-likeness (QED) is 0.769. The summed E-state index contributed by atoms with van der Waals surface area (Å²) in [6.07, 6.45) is 1.74. The van der Waals surface area contributed by atoms with Gasteiger partial charge < -0.3 is 15.6 Å². The number of anilines is 1. The van der Waals surface area contributed by atoms with Crippen LogP contribution in [0.1, 0.15) is 19.0 Å². The first-order chi connectivity index (χ1) is 11.1. The number of nitrogen functional groups attached to an aromatic ring is 1. The molecule has 3 rings (SSSR count). The predicted octanol–water partition coefficient (Wildman–Crippen LogP) is 2.94. The molecule has 0 aliphatic carbocycles. The number of hydrogen-bond donors (Lipinski definition) is 2. The summed E-state index contributed by atoms with van der Waals surface area (Å²) in [5.74, 6) is 0.772. The number of aromatic nitrogens is 3. The van der Waals surface area contributed by atoms with E-state index in [0.29, 0.717) is 5.75 Å². The van der Waals surface area contributed by atoms with Crippen LogP contribution in [0.3, 0.4) is 0 Å². The summed E-state index contributed by atoms with van der Waals surface area (Å²) in [5, 5.41) is 9.72. The van der Waals surface area contributed by atoms with Gasteiger partial charge in [0.05, 0.1) is 24.0 Å². The summed E-state index contributed by atoms with van der Waals surface area (Å²) in [6.45, 7) is 2.08. The minimum atomic E-state index is 0.0971. The Balaban J connectivity index is 2.16. The van der Waals surface area contributed by atoms with Crippen LogP contribution in [0.2, 0.25) is 0 Å². The van der Waals surface area contributed by atoms with E-state index in [-0.39, 0.29) is 11.7 Å². The molecule has 2 heterocycles. The number of nitrogens with zero attached hydrogens (tertiary/aromatic N) is 3. The van der Waals surface area contributed by atoms with Crippen LogP contribution in [0, 0.1) is 0 Å². The standard InChI is InChI=1S/C17H18N4O2/c1-3-4-12-16-13(21-17(18)20-12)7-6-11(19-16)10-5-8-14(22)15(9-10)23-2/h5-9,22H,3-4H2,1-2H3,(H2,18,20,21). The van der Waals surface area contributed by atoms with Gasteiger partial charge in [-0.3, -0.25) is 0 Å². The maximum absolute atomic E-state index is 9.72. The van der Waals surface area contributed by atoms with Gasteiger partial charge in [-0.15, -0.1) is 0 Å². The Labute approximate surface area is 134 Å². The second-order valence-electron chi connectivity index (χ2n) is 5.23. The number of ether oxygens (including phenoxy) is 1. The second-order valence-corrected chi connectivity index (χ2v) is 5.23. The van der Waals surface area contributed by atoms with Crippen LogP contribution < -0.4 is 10.5 Å². The molecule has 0 fully saturated rings. The number of hydrogen-bond acceptors (Lipinski definition) is 6. The molecule has 0 atom stereocenters. The Morgan fingerprint density at radius 1 is 1.13 bits per heavy atom. The lowest BCUT2D eigenvalue weighted by atomic mass is 10.1. The maximum atomic E-state index is 9.72. The highest BCUT2D eigenvalue weighted by Crippen LogP contribution is 2.31. The smallest absolute Gasteiger partial charge is 0.220 e. The number of benzene rings is 1. The summed E-state index contributed by atoms with van der Waals surface area (Å²) in [7, 11) is 1.52. The minimum absolute atomic E-state index is 0.0971. The van der Waals surface area contributed by atoms with Crippen molar-refractivity contribution in [3.8, 4) is 22.8 Å². The fourth-order valence-corrected chi connectivity index (χ4v) is 2.50. The van der Waals surface area contributed by atoms with Gasteiger partial charge >= 0.3 is 0 Å². The molecule has 0 unspecified atom stereocenters. The highest BCUT2D eigenvalue weighted by Gasteiger charge is 2.11. The van der Waals surface area contributed by atoms with E-state index in [9.17, 15) is 5.11 Å². The van der Waals surface area contributed by atoms with Crippen LogP contribution in [0.25, 0.3) is 22.3 Å². The molecule has 3 aromatic rings. The van der Waals surface area contributed by atoms with Gasteiger partial charge in [0, 0.05) is 5.56 Å². The molecule has 6 nitrogen and oxygen atoms in total. The average Bonchev–Trinajstić information content (AvgIpc) is 2.55. The van der Waals surface area contributed by atoms with Crippen molar-refractivity contribution < 1.29 is 9.84 Å². The van der Waals surface area contributed by atoms with E-state index >= 15 is 0 Å². The first-order valence-corrected chi connectivity index (χ1v) is 7.43. The van der Waals surface area contributed by atoms with Gasteiger partial charge in [0.1, 0.15) is 5.52 Å². The Kier molecular flexibility index (Phi) is 3.97. The van der Waals surface area contributed by atoms with Crippen molar-refractivity contribution in [3.63, 3.8) is 0 Å². The Bertz CT molecular complexity index is 865. The minimum Gasteiger partial charge on any atom is -0.504 e. The van der Waals surface area contributed by atoms with E-state index in [1.807, 2.05) is 12.1 Å². The molecule has 6 heteroatoms. The molecule has 118 valence electrons. The molecule has 0 saturated heterocycles. The number of pyridine rings is 1. The van der Waals surface area contributed by atoms with E-state index in [1.54, 1.807) is 18.2 Å². The Morgan fingerprint density at radius 3 is 2.70 bits per heavy atom. The van der Waals surface area contributed by atoms with E-state index < -0.39 is 0 Å². The van der Waals surface area contributed by atoms with Gasteiger partial charge in [0.25, 0.3) is 0 Å². The molecule has 0 bridgehead atoms. The second kappa shape index (κ2) is 6.08.